The van der Waals surface area contributed by atoms with Crippen LogP contribution in [0.5, 0.6) is 0 Å². The van der Waals surface area contributed by atoms with Gasteiger partial charge in [0.1, 0.15) is 0 Å². The van der Waals surface area contributed by atoms with Crippen molar-refractivity contribution in [1.29, 1.82) is 0 Å². The van der Waals surface area contributed by atoms with E-state index in [0.717, 1.165) is 19.4 Å². The summed E-state index contributed by atoms with van der Waals surface area (Å²) in [6, 6.07) is 0. The number of ether oxygens (including phenoxy) is 3. The van der Waals surface area contributed by atoms with Crippen molar-refractivity contribution >= 4 is 0 Å². The van der Waals surface area contributed by atoms with Crippen molar-refractivity contribution in [2.24, 2.45) is 5.73 Å². The zero-order valence-corrected chi connectivity index (χ0v) is 15.2. The molecule has 0 aromatic rings. The van der Waals surface area contributed by atoms with Gasteiger partial charge in [0.05, 0.1) is 0 Å². The molecule has 0 rings (SSSR count). The highest BCUT2D eigenvalue weighted by Gasteiger charge is 2.31. The average Bonchev–Trinajstić information content (AvgIpc) is 2.50. The summed E-state index contributed by atoms with van der Waals surface area (Å²) in [5.41, 5.74) is 5.49. The Morgan fingerprint density at radius 3 is 1.32 bits per heavy atom. The minimum Gasteiger partial charge on any atom is -0.330 e. The Labute approximate surface area is 138 Å². The summed E-state index contributed by atoms with van der Waals surface area (Å²) < 4.78 is 17.2. The first-order valence-corrected chi connectivity index (χ1v) is 9.36. The Bertz CT molecular complexity index is 207. The predicted octanol–water partition coefficient (Wildman–Crippen LogP) is 4.61. The minimum atomic E-state index is -0.819. The molecule has 0 unspecified atom stereocenters. The second-order valence-electron chi connectivity index (χ2n) is 5.70. The van der Waals surface area contributed by atoms with E-state index in [0.29, 0.717) is 19.8 Å². The third kappa shape index (κ3) is 11.4. The van der Waals surface area contributed by atoms with Crippen LogP contribution in [0.4, 0.5) is 0 Å². The van der Waals surface area contributed by atoms with Crippen molar-refractivity contribution in [3.8, 4) is 0 Å². The highest BCUT2D eigenvalue weighted by Crippen LogP contribution is 2.24. The quantitative estimate of drug-likeness (QED) is 0.314. The fraction of sp³-hybridized carbons (Fsp3) is 1.00. The van der Waals surface area contributed by atoms with Crippen LogP contribution in [0, 0.1) is 0 Å². The zero-order valence-electron chi connectivity index (χ0n) is 15.2. The summed E-state index contributed by atoms with van der Waals surface area (Å²) in [6.07, 6.45) is 12.2. The van der Waals surface area contributed by atoms with Crippen LogP contribution in [-0.4, -0.2) is 32.3 Å². The van der Waals surface area contributed by atoms with Gasteiger partial charge < -0.3 is 19.9 Å². The second kappa shape index (κ2) is 15.7. The van der Waals surface area contributed by atoms with E-state index >= 15 is 0 Å². The van der Waals surface area contributed by atoms with Crippen LogP contribution >= 0.6 is 0 Å². The van der Waals surface area contributed by atoms with Crippen molar-refractivity contribution in [2.75, 3.05) is 26.4 Å². The lowest BCUT2D eigenvalue weighted by molar-refractivity contribution is -0.380. The summed E-state index contributed by atoms with van der Waals surface area (Å²) in [6.45, 7) is 8.63. The Hall–Kier alpha value is -0.160. The number of rotatable bonds is 17. The SMILES string of the molecule is CCOC(CCCCCCCCCCCN)(OCC)OCC. The Morgan fingerprint density at radius 2 is 0.955 bits per heavy atom. The highest BCUT2D eigenvalue weighted by atomic mass is 16.9. The summed E-state index contributed by atoms with van der Waals surface area (Å²) in [7, 11) is 0. The number of hydrogen-bond acceptors (Lipinski definition) is 4. The molecule has 0 bridgehead atoms. The van der Waals surface area contributed by atoms with Gasteiger partial charge in [0.25, 0.3) is 5.97 Å². The fourth-order valence-corrected chi connectivity index (χ4v) is 2.72. The van der Waals surface area contributed by atoms with Crippen LogP contribution < -0.4 is 5.73 Å². The van der Waals surface area contributed by atoms with E-state index in [2.05, 4.69) is 0 Å². The largest absolute Gasteiger partial charge is 0.330 e. The molecule has 2 N–H and O–H groups in total. The van der Waals surface area contributed by atoms with Gasteiger partial charge in [-0.25, -0.2) is 0 Å². The van der Waals surface area contributed by atoms with Gasteiger partial charge in [-0.1, -0.05) is 44.9 Å². The van der Waals surface area contributed by atoms with Crippen molar-refractivity contribution in [3.63, 3.8) is 0 Å². The molecule has 0 fully saturated rings. The number of unbranched alkanes of at least 4 members (excludes halogenated alkanes) is 8. The average molecular weight is 318 g/mol. The molecule has 0 heterocycles. The molecule has 4 nitrogen and oxygen atoms in total. The maximum Gasteiger partial charge on any atom is 0.282 e. The molecular formula is C18H39NO3. The summed E-state index contributed by atoms with van der Waals surface area (Å²) in [5, 5.41) is 0. The third-order valence-electron chi connectivity index (χ3n) is 3.78. The molecule has 0 saturated heterocycles. The van der Waals surface area contributed by atoms with Crippen LogP contribution in [-0.2, 0) is 14.2 Å². The van der Waals surface area contributed by atoms with E-state index in [-0.39, 0.29) is 0 Å². The van der Waals surface area contributed by atoms with E-state index in [1.54, 1.807) is 0 Å². The molecule has 0 aliphatic heterocycles. The third-order valence-corrected chi connectivity index (χ3v) is 3.78. The van der Waals surface area contributed by atoms with Crippen LogP contribution in [0.15, 0.2) is 0 Å². The molecule has 0 amide bonds. The molecule has 4 heteroatoms. The normalized spacial score (nSPS) is 12.0. The van der Waals surface area contributed by atoms with Crippen molar-refractivity contribution < 1.29 is 14.2 Å². The van der Waals surface area contributed by atoms with Gasteiger partial charge >= 0.3 is 0 Å². The summed E-state index contributed by atoms with van der Waals surface area (Å²) in [4.78, 5) is 0. The molecule has 0 aromatic heterocycles. The van der Waals surface area contributed by atoms with E-state index in [9.17, 15) is 0 Å². The maximum absolute atomic E-state index is 5.74. The Morgan fingerprint density at radius 1 is 0.591 bits per heavy atom. The lowest BCUT2D eigenvalue weighted by atomic mass is 10.1. The molecule has 0 atom stereocenters. The van der Waals surface area contributed by atoms with Gasteiger partial charge in [0.2, 0.25) is 0 Å². The van der Waals surface area contributed by atoms with Gasteiger partial charge in [-0.15, -0.1) is 0 Å². The minimum absolute atomic E-state index is 0.614. The van der Waals surface area contributed by atoms with E-state index in [1.807, 2.05) is 20.8 Å². The Balaban J connectivity index is 3.70. The predicted molar refractivity (Wildman–Crippen MR) is 92.8 cm³/mol. The van der Waals surface area contributed by atoms with Gasteiger partial charge in [-0.2, -0.15) is 0 Å². The smallest absolute Gasteiger partial charge is 0.282 e. The molecule has 0 aliphatic carbocycles. The fourth-order valence-electron chi connectivity index (χ4n) is 2.72. The first-order valence-electron chi connectivity index (χ1n) is 9.36. The maximum atomic E-state index is 5.74. The monoisotopic (exact) mass is 317 g/mol. The molecule has 0 aliphatic rings. The molecule has 0 spiro atoms. The standard InChI is InChI=1S/C18H39NO3/c1-4-20-18(21-5-2,22-6-3)16-14-12-10-8-7-9-11-13-15-17-19/h4-17,19H2,1-3H3. The molecule has 0 aromatic carbocycles. The molecule has 0 radical (unpaired) electrons. The summed E-state index contributed by atoms with van der Waals surface area (Å²) >= 11 is 0. The van der Waals surface area contributed by atoms with Crippen LogP contribution in [0.3, 0.4) is 0 Å². The first-order chi connectivity index (χ1) is 10.7. The lowest BCUT2D eigenvalue weighted by Gasteiger charge is -2.32. The van der Waals surface area contributed by atoms with Gasteiger partial charge in [-0.3, -0.25) is 0 Å². The van der Waals surface area contributed by atoms with Crippen molar-refractivity contribution in [1.82, 2.24) is 0 Å². The van der Waals surface area contributed by atoms with E-state index in [4.69, 9.17) is 19.9 Å². The zero-order chi connectivity index (χ0) is 16.5. The lowest BCUT2D eigenvalue weighted by Crippen LogP contribution is -2.39. The van der Waals surface area contributed by atoms with Crippen LogP contribution in [0.2, 0.25) is 0 Å². The molecular weight excluding hydrogens is 278 g/mol. The molecule has 0 saturated carbocycles. The van der Waals surface area contributed by atoms with E-state index < -0.39 is 5.97 Å². The van der Waals surface area contributed by atoms with Crippen molar-refractivity contribution in [2.45, 2.75) is 91.0 Å². The Kier molecular flexibility index (Phi) is 15.6. The molecule has 22 heavy (non-hydrogen) atoms. The van der Waals surface area contributed by atoms with E-state index in [1.165, 1.54) is 51.4 Å². The summed E-state index contributed by atoms with van der Waals surface area (Å²) in [5.74, 6) is -0.819. The van der Waals surface area contributed by atoms with Crippen molar-refractivity contribution in [3.05, 3.63) is 0 Å². The topological polar surface area (TPSA) is 53.7 Å². The van der Waals surface area contributed by atoms with Gasteiger partial charge in [0.15, 0.2) is 0 Å². The van der Waals surface area contributed by atoms with Crippen LogP contribution in [0.25, 0.3) is 0 Å². The number of hydrogen-bond donors (Lipinski definition) is 1. The first kappa shape index (κ1) is 21.8. The van der Waals surface area contributed by atoms with Crippen LogP contribution in [0.1, 0.15) is 85.0 Å². The van der Waals surface area contributed by atoms with Gasteiger partial charge in [0, 0.05) is 26.2 Å². The van der Waals surface area contributed by atoms with Gasteiger partial charge in [-0.05, 0) is 40.2 Å². The second-order valence-corrected chi connectivity index (χ2v) is 5.70. The number of nitrogens with two attached hydrogens (primary N) is 1. The highest BCUT2D eigenvalue weighted by molar-refractivity contribution is 4.59. The molecule has 134 valence electrons.